The summed E-state index contributed by atoms with van der Waals surface area (Å²) in [6.07, 6.45) is 1.55. The highest BCUT2D eigenvalue weighted by atomic mass is 35.5. The van der Waals surface area contributed by atoms with E-state index in [0.29, 0.717) is 27.6 Å². The van der Waals surface area contributed by atoms with Gasteiger partial charge < -0.3 is 16.0 Å². The fraction of sp³-hybridized carbons (Fsp3) is 0.412. The minimum Gasteiger partial charge on any atom is -0.369 e. The number of primary amides is 1. The Morgan fingerprint density at radius 2 is 2.26 bits per heavy atom. The van der Waals surface area contributed by atoms with E-state index in [2.05, 4.69) is 15.5 Å². The summed E-state index contributed by atoms with van der Waals surface area (Å²) in [6.45, 7) is 3.02. The molecular weight excluding hydrogens is 406 g/mol. The van der Waals surface area contributed by atoms with Crippen molar-refractivity contribution in [2.24, 2.45) is 11.7 Å². The molecule has 0 saturated carbocycles. The molecule has 3 rings (SSSR count). The molecule has 1 aliphatic rings. The molecule has 27 heavy (non-hydrogen) atoms. The van der Waals surface area contributed by atoms with Crippen LogP contribution >= 0.6 is 34.7 Å². The second-order valence-electron chi connectivity index (χ2n) is 6.33. The first-order valence-corrected chi connectivity index (χ1v) is 10.7. The number of nitrogens with zero attached hydrogens (tertiary/aromatic N) is 3. The van der Waals surface area contributed by atoms with Crippen molar-refractivity contribution in [2.45, 2.75) is 24.1 Å². The van der Waals surface area contributed by atoms with E-state index in [9.17, 15) is 9.59 Å². The summed E-state index contributed by atoms with van der Waals surface area (Å²) in [4.78, 5) is 25.4. The summed E-state index contributed by atoms with van der Waals surface area (Å²) in [6, 6.07) is 5.68. The summed E-state index contributed by atoms with van der Waals surface area (Å²) < 4.78 is 0.701. The van der Waals surface area contributed by atoms with Gasteiger partial charge in [0.25, 0.3) is 0 Å². The number of carbonyl (C=O) groups excluding carboxylic acids is 2. The highest BCUT2D eigenvalue weighted by Crippen LogP contribution is 2.29. The molecule has 1 aromatic carbocycles. The Kier molecular flexibility index (Phi) is 6.56. The number of carbonyl (C=O) groups is 2. The fourth-order valence-corrected chi connectivity index (χ4v) is 4.62. The molecule has 2 amide bonds. The molecule has 3 N–H and O–H groups in total. The van der Waals surface area contributed by atoms with Crippen molar-refractivity contribution in [1.82, 2.24) is 15.1 Å². The number of piperidine rings is 1. The lowest BCUT2D eigenvalue weighted by Gasteiger charge is -2.31. The number of hydrogen-bond donors (Lipinski definition) is 2. The van der Waals surface area contributed by atoms with Crippen LogP contribution in [0, 0.1) is 12.8 Å². The number of halogens is 1. The lowest BCUT2D eigenvalue weighted by atomic mass is 9.97. The van der Waals surface area contributed by atoms with E-state index >= 15 is 0 Å². The Labute approximate surface area is 170 Å². The van der Waals surface area contributed by atoms with Gasteiger partial charge in [-0.05, 0) is 37.5 Å². The quantitative estimate of drug-likeness (QED) is 0.689. The average Bonchev–Trinajstić information content (AvgIpc) is 3.10. The molecule has 144 valence electrons. The zero-order valence-electron chi connectivity index (χ0n) is 14.8. The van der Waals surface area contributed by atoms with Gasteiger partial charge in [0, 0.05) is 23.8 Å². The number of amides is 2. The molecule has 2 heterocycles. The van der Waals surface area contributed by atoms with Gasteiger partial charge in [-0.1, -0.05) is 40.8 Å². The van der Waals surface area contributed by atoms with Crippen molar-refractivity contribution < 1.29 is 9.59 Å². The molecule has 1 saturated heterocycles. The molecule has 1 aromatic heterocycles. The van der Waals surface area contributed by atoms with Gasteiger partial charge in [0.2, 0.25) is 16.9 Å². The molecule has 1 atom stereocenters. The summed E-state index contributed by atoms with van der Waals surface area (Å²) in [5.74, 6) is -0.334. The SMILES string of the molecule is Cc1ccc(Nc2nnc(SCC(=O)N3CCC[C@H](C(N)=O)C3)s2)cc1Cl. The monoisotopic (exact) mass is 425 g/mol. The van der Waals surface area contributed by atoms with Gasteiger partial charge >= 0.3 is 0 Å². The minimum atomic E-state index is -0.337. The number of likely N-dealkylation sites (tertiary alicyclic amines) is 1. The van der Waals surface area contributed by atoms with Crippen LogP contribution in [0.5, 0.6) is 0 Å². The van der Waals surface area contributed by atoms with Gasteiger partial charge in [-0.25, -0.2) is 0 Å². The average molecular weight is 426 g/mol. The number of benzene rings is 1. The minimum absolute atomic E-state index is 0.0130. The predicted octanol–water partition coefficient (Wildman–Crippen LogP) is 3.06. The van der Waals surface area contributed by atoms with E-state index in [1.807, 2.05) is 25.1 Å². The zero-order valence-corrected chi connectivity index (χ0v) is 17.2. The smallest absolute Gasteiger partial charge is 0.233 e. The number of nitrogens with one attached hydrogen (secondary N) is 1. The molecule has 10 heteroatoms. The lowest BCUT2D eigenvalue weighted by Crippen LogP contribution is -2.44. The van der Waals surface area contributed by atoms with Crippen molar-refractivity contribution in [3.8, 4) is 0 Å². The molecule has 2 aromatic rings. The first kappa shape index (κ1) is 19.9. The maximum absolute atomic E-state index is 12.4. The molecule has 0 aliphatic carbocycles. The van der Waals surface area contributed by atoms with Crippen LogP contribution in [0.15, 0.2) is 22.5 Å². The third kappa shape index (κ3) is 5.33. The number of aryl methyl sites for hydroxylation is 1. The lowest BCUT2D eigenvalue weighted by molar-refractivity contribution is -0.132. The normalized spacial score (nSPS) is 17.0. The van der Waals surface area contributed by atoms with Crippen molar-refractivity contribution in [3.63, 3.8) is 0 Å². The first-order valence-electron chi connectivity index (χ1n) is 8.49. The van der Waals surface area contributed by atoms with Gasteiger partial charge in [-0.2, -0.15) is 0 Å². The first-order chi connectivity index (χ1) is 12.9. The highest BCUT2D eigenvalue weighted by molar-refractivity contribution is 8.01. The Bertz CT molecular complexity index is 844. The van der Waals surface area contributed by atoms with E-state index in [1.165, 1.54) is 23.1 Å². The van der Waals surface area contributed by atoms with Crippen LogP contribution in [0.25, 0.3) is 0 Å². The molecule has 0 bridgehead atoms. The van der Waals surface area contributed by atoms with Crippen LogP contribution in [0.1, 0.15) is 18.4 Å². The van der Waals surface area contributed by atoms with Crippen LogP contribution in [-0.2, 0) is 9.59 Å². The zero-order chi connectivity index (χ0) is 19.4. The second kappa shape index (κ2) is 8.90. The van der Waals surface area contributed by atoms with Crippen LogP contribution in [0.2, 0.25) is 5.02 Å². The summed E-state index contributed by atoms with van der Waals surface area (Å²) in [7, 11) is 0. The van der Waals surface area contributed by atoms with Gasteiger partial charge in [0.1, 0.15) is 0 Å². The van der Waals surface area contributed by atoms with Gasteiger partial charge in [0.15, 0.2) is 4.34 Å². The van der Waals surface area contributed by atoms with E-state index in [1.54, 1.807) is 4.90 Å². The Morgan fingerprint density at radius 3 is 3.00 bits per heavy atom. The molecule has 0 radical (unpaired) electrons. The molecule has 0 spiro atoms. The number of rotatable bonds is 6. The maximum atomic E-state index is 12.4. The van der Waals surface area contributed by atoms with Crippen LogP contribution in [-0.4, -0.2) is 45.8 Å². The van der Waals surface area contributed by atoms with E-state index in [-0.39, 0.29) is 23.5 Å². The summed E-state index contributed by atoms with van der Waals surface area (Å²) in [5, 5.41) is 12.7. The van der Waals surface area contributed by atoms with Crippen LogP contribution < -0.4 is 11.1 Å². The highest BCUT2D eigenvalue weighted by Gasteiger charge is 2.27. The van der Waals surface area contributed by atoms with Crippen molar-refractivity contribution in [1.29, 1.82) is 0 Å². The fourth-order valence-electron chi connectivity index (χ4n) is 2.76. The molecule has 1 fully saturated rings. The van der Waals surface area contributed by atoms with E-state index in [4.69, 9.17) is 17.3 Å². The van der Waals surface area contributed by atoms with Crippen LogP contribution in [0.4, 0.5) is 10.8 Å². The van der Waals surface area contributed by atoms with Gasteiger partial charge in [-0.3, -0.25) is 9.59 Å². The number of anilines is 2. The van der Waals surface area contributed by atoms with Crippen molar-refractivity contribution in [2.75, 3.05) is 24.2 Å². The standard InChI is InChI=1S/C17H20ClN5O2S2/c1-10-4-5-12(7-13(10)18)20-16-21-22-17(27-16)26-9-14(24)23-6-2-3-11(8-23)15(19)25/h4-5,7,11H,2-3,6,8-9H2,1H3,(H2,19,25)(H,20,21)/t11-/m0/s1. The van der Waals surface area contributed by atoms with Gasteiger partial charge in [0.05, 0.1) is 11.7 Å². The maximum Gasteiger partial charge on any atom is 0.233 e. The van der Waals surface area contributed by atoms with E-state index < -0.39 is 0 Å². The van der Waals surface area contributed by atoms with Crippen molar-refractivity contribution >= 4 is 57.3 Å². The number of hydrogen-bond acceptors (Lipinski definition) is 7. The van der Waals surface area contributed by atoms with E-state index in [0.717, 1.165) is 24.1 Å². The Balaban J connectivity index is 1.52. The molecular formula is C17H20ClN5O2S2. The molecule has 7 nitrogen and oxygen atoms in total. The predicted molar refractivity (Wildman–Crippen MR) is 109 cm³/mol. The topological polar surface area (TPSA) is 101 Å². The Morgan fingerprint density at radius 1 is 1.44 bits per heavy atom. The van der Waals surface area contributed by atoms with Gasteiger partial charge in [-0.15, -0.1) is 10.2 Å². The third-order valence-corrected chi connectivity index (χ3v) is 6.69. The second-order valence-corrected chi connectivity index (χ2v) is 8.94. The number of thioether (sulfide) groups is 1. The Hall–Kier alpha value is -1.84. The molecule has 0 unspecified atom stereocenters. The van der Waals surface area contributed by atoms with Crippen LogP contribution in [0.3, 0.4) is 0 Å². The summed E-state index contributed by atoms with van der Waals surface area (Å²) in [5.41, 5.74) is 7.20. The summed E-state index contributed by atoms with van der Waals surface area (Å²) >= 11 is 8.84. The number of nitrogens with two attached hydrogens (primary N) is 1. The largest absolute Gasteiger partial charge is 0.369 e. The molecule has 1 aliphatic heterocycles. The van der Waals surface area contributed by atoms with Crippen molar-refractivity contribution in [3.05, 3.63) is 28.8 Å². The third-order valence-electron chi connectivity index (χ3n) is 4.33. The number of aromatic nitrogens is 2.